The second-order valence-corrected chi connectivity index (χ2v) is 3.37. The maximum absolute atomic E-state index is 11.2. The molecule has 0 heterocycles. The largest absolute Gasteiger partial charge is 0.299 e. The Kier molecular flexibility index (Phi) is 1.19. The van der Waals surface area contributed by atoms with Crippen LogP contribution in [0.2, 0.25) is 0 Å². The highest BCUT2D eigenvalue weighted by molar-refractivity contribution is 5.92. The third kappa shape index (κ3) is 0.664. The Morgan fingerprint density at radius 1 is 1.40 bits per heavy atom. The highest BCUT2D eigenvalue weighted by Gasteiger charge is 2.43. The van der Waals surface area contributed by atoms with E-state index in [1.165, 1.54) is 12.8 Å². The SMILES string of the molecule is O=C1CCC12C=CCCC2. The topological polar surface area (TPSA) is 17.1 Å². The predicted molar refractivity (Wildman–Crippen MR) is 39.7 cm³/mol. The first-order chi connectivity index (χ1) is 4.83. The zero-order valence-electron chi connectivity index (χ0n) is 6.10. The van der Waals surface area contributed by atoms with E-state index in [9.17, 15) is 4.79 Å². The molecule has 0 aliphatic heterocycles. The summed E-state index contributed by atoms with van der Waals surface area (Å²) in [5.74, 6) is 0.475. The summed E-state index contributed by atoms with van der Waals surface area (Å²) >= 11 is 0. The Morgan fingerprint density at radius 2 is 2.30 bits per heavy atom. The zero-order chi connectivity index (χ0) is 7.03. The number of hydrogen-bond acceptors (Lipinski definition) is 1. The lowest BCUT2D eigenvalue weighted by Crippen LogP contribution is -2.39. The van der Waals surface area contributed by atoms with E-state index in [0.29, 0.717) is 5.78 Å². The van der Waals surface area contributed by atoms with Crippen LogP contribution in [0.5, 0.6) is 0 Å². The average molecular weight is 136 g/mol. The van der Waals surface area contributed by atoms with Crippen molar-refractivity contribution in [3.63, 3.8) is 0 Å². The van der Waals surface area contributed by atoms with Gasteiger partial charge in [-0.15, -0.1) is 0 Å². The summed E-state index contributed by atoms with van der Waals surface area (Å²) in [5, 5.41) is 0. The maximum atomic E-state index is 11.2. The number of Topliss-reactive ketones (excluding diaryl/α,β-unsaturated/α-hetero) is 1. The van der Waals surface area contributed by atoms with Gasteiger partial charge in [-0.3, -0.25) is 4.79 Å². The number of carbonyl (C=O) groups is 1. The van der Waals surface area contributed by atoms with Crippen molar-refractivity contribution in [3.05, 3.63) is 12.2 Å². The second kappa shape index (κ2) is 1.94. The van der Waals surface area contributed by atoms with Crippen LogP contribution in [0.25, 0.3) is 0 Å². The van der Waals surface area contributed by atoms with Crippen molar-refractivity contribution in [2.24, 2.45) is 5.41 Å². The number of rotatable bonds is 0. The van der Waals surface area contributed by atoms with Gasteiger partial charge in [0.25, 0.3) is 0 Å². The standard InChI is InChI=1S/C9H12O/c10-8-4-7-9(8)5-2-1-3-6-9/h2,5H,1,3-4,6-7H2. The lowest BCUT2D eigenvalue weighted by Gasteiger charge is -2.39. The van der Waals surface area contributed by atoms with Crippen molar-refractivity contribution in [1.29, 1.82) is 0 Å². The van der Waals surface area contributed by atoms with Crippen LogP contribution in [0.1, 0.15) is 32.1 Å². The highest BCUT2D eigenvalue weighted by Crippen LogP contribution is 2.45. The van der Waals surface area contributed by atoms with Crippen molar-refractivity contribution in [3.8, 4) is 0 Å². The van der Waals surface area contributed by atoms with Gasteiger partial charge in [0.05, 0.1) is 0 Å². The van der Waals surface area contributed by atoms with Crippen molar-refractivity contribution in [1.82, 2.24) is 0 Å². The van der Waals surface area contributed by atoms with Gasteiger partial charge in [-0.2, -0.15) is 0 Å². The number of ketones is 1. The lowest BCUT2D eigenvalue weighted by molar-refractivity contribution is -0.135. The molecule has 2 rings (SSSR count). The van der Waals surface area contributed by atoms with Gasteiger partial charge in [-0.25, -0.2) is 0 Å². The van der Waals surface area contributed by atoms with Crippen molar-refractivity contribution in [2.75, 3.05) is 0 Å². The fourth-order valence-electron chi connectivity index (χ4n) is 1.92. The molecule has 0 amide bonds. The Morgan fingerprint density at radius 3 is 2.60 bits per heavy atom. The van der Waals surface area contributed by atoms with Gasteiger partial charge in [0.1, 0.15) is 5.78 Å². The van der Waals surface area contributed by atoms with Gasteiger partial charge >= 0.3 is 0 Å². The fraction of sp³-hybridized carbons (Fsp3) is 0.667. The van der Waals surface area contributed by atoms with Crippen LogP contribution >= 0.6 is 0 Å². The molecule has 1 heteroatoms. The summed E-state index contributed by atoms with van der Waals surface area (Å²) in [6, 6.07) is 0. The third-order valence-electron chi connectivity index (χ3n) is 2.78. The summed E-state index contributed by atoms with van der Waals surface area (Å²) in [4.78, 5) is 11.2. The molecule has 54 valence electrons. The van der Waals surface area contributed by atoms with E-state index in [1.54, 1.807) is 0 Å². The van der Waals surface area contributed by atoms with E-state index < -0.39 is 0 Å². The van der Waals surface area contributed by atoms with Gasteiger partial charge in [0.15, 0.2) is 0 Å². The van der Waals surface area contributed by atoms with Crippen LogP contribution in [0.15, 0.2) is 12.2 Å². The van der Waals surface area contributed by atoms with Crippen LogP contribution in [0, 0.1) is 5.41 Å². The first kappa shape index (κ1) is 6.14. The molecule has 1 nitrogen and oxygen atoms in total. The lowest BCUT2D eigenvalue weighted by atomic mass is 9.63. The molecule has 2 aliphatic rings. The average Bonchev–Trinajstić information content (AvgIpc) is 2.04. The van der Waals surface area contributed by atoms with E-state index in [-0.39, 0.29) is 5.41 Å². The second-order valence-electron chi connectivity index (χ2n) is 3.37. The van der Waals surface area contributed by atoms with Gasteiger partial charge in [0, 0.05) is 11.8 Å². The molecule has 1 atom stereocenters. The summed E-state index contributed by atoms with van der Waals surface area (Å²) in [6.07, 6.45) is 9.75. The summed E-state index contributed by atoms with van der Waals surface area (Å²) in [5.41, 5.74) is 0.0399. The predicted octanol–water partition coefficient (Wildman–Crippen LogP) is 2.08. The smallest absolute Gasteiger partial charge is 0.142 e. The maximum Gasteiger partial charge on any atom is 0.142 e. The third-order valence-corrected chi connectivity index (χ3v) is 2.78. The number of allylic oxidation sites excluding steroid dienone is 2. The molecule has 10 heavy (non-hydrogen) atoms. The summed E-state index contributed by atoms with van der Waals surface area (Å²) in [6.45, 7) is 0. The highest BCUT2D eigenvalue weighted by atomic mass is 16.1. The van der Waals surface area contributed by atoms with E-state index in [4.69, 9.17) is 0 Å². The molecule has 0 aromatic carbocycles. The minimum atomic E-state index is 0.0399. The normalized spacial score (nSPS) is 38.2. The van der Waals surface area contributed by atoms with Crippen molar-refractivity contribution >= 4 is 5.78 Å². The monoisotopic (exact) mass is 136 g/mol. The number of carbonyl (C=O) groups excluding carboxylic acids is 1. The minimum absolute atomic E-state index is 0.0399. The molecule has 1 unspecified atom stereocenters. The van der Waals surface area contributed by atoms with Gasteiger partial charge in [-0.05, 0) is 25.7 Å². The molecule has 1 saturated carbocycles. The number of hydrogen-bond donors (Lipinski definition) is 0. The van der Waals surface area contributed by atoms with Crippen LogP contribution in [-0.4, -0.2) is 5.78 Å². The Bertz CT molecular complexity index is 193. The minimum Gasteiger partial charge on any atom is -0.299 e. The fourth-order valence-corrected chi connectivity index (χ4v) is 1.92. The van der Waals surface area contributed by atoms with Crippen LogP contribution < -0.4 is 0 Å². The van der Waals surface area contributed by atoms with E-state index in [0.717, 1.165) is 19.3 Å². The van der Waals surface area contributed by atoms with Crippen LogP contribution in [-0.2, 0) is 4.79 Å². The van der Waals surface area contributed by atoms with Gasteiger partial charge in [-0.1, -0.05) is 12.2 Å². The molecule has 2 aliphatic carbocycles. The first-order valence-electron chi connectivity index (χ1n) is 4.05. The molecule has 0 aromatic rings. The molecule has 0 saturated heterocycles. The Hall–Kier alpha value is -0.590. The van der Waals surface area contributed by atoms with Gasteiger partial charge < -0.3 is 0 Å². The quantitative estimate of drug-likeness (QED) is 0.466. The van der Waals surface area contributed by atoms with Crippen LogP contribution in [0.3, 0.4) is 0 Å². The van der Waals surface area contributed by atoms with E-state index >= 15 is 0 Å². The van der Waals surface area contributed by atoms with Gasteiger partial charge in [0.2, 0.25) is 0 Å². The molecular weight excluding hydrogens is 124 g/mol. The molecule has 0 N–H and O–H groups in total. The molecule has 1 fully saturated rings. The summed E-state index contributed by atoms with van der Waals surface area (Å²) < 4.78 is 0. The van der Waals surface area contributed by atoms with E-state index in [1.807, 2.05) is 0 Å². The molecule has 0 bridgehead atoms. The first-order valence-corrected chi connectivity index (χ1v) is 4.05. The Labute approximate surface area is 61.1 Å². The zero-order valence-corrected chi connectivity index (χ0v) is 6.10. The Balaban J connectivity index is 2.21. The van der Waals surface area contributed by atoms with E-state index in [2.05, 4.69) is 12.2 Å². The van der Waals surface area contributed by atoms with Crippen molar-refractivity contribution < 1.29 is 4.79 Å². The molecule has 1 spiro atoms. The molecule has 0 aromatic heterocycles. The van der Waals surface area contributed by atoms with Crippen LogP contribution in [0.4, 0.5) is 0 Å². The van der Waals surface area contributed by atoms with Crippen molar-refractivity contribution in [2.45, 2.75) is 32.1 Å². The molecular formula is C9H12O. The summed E-state index contributed by atoms with van der Waals surface area (Å²) in [7, 11) is 0. The molecule has 0 radical (unpaired) electrons.